The highest BCUT2D eigenvalue weighted by molar-refractivity contribution is 5.44. The fraction of sp³-hybridized carbons (Fsp3) is 0.500. The Hall–Kier alpha value is -1.02. The second kappa shape index (κ2) is 6.44. The normalized spacial score (nSPS) is 10.1. The molecule has 2 nitrogen and oxygen atoms in total. The predicted molar refractivity (Wildman–Crippen MR) is 60.6 cm³/mol. The Morgan fingerprint density at radius 3 is 2.43 bits per heavy atom. The molecule has 0 aliphatic rings. The summed E-state index contributed by atoms with van der Waals surface area (Å²) in [6.07, 6.45) is 3.12. The molecule has 0 bridgehead atoms. The Morgan fingerprint density at radius 2 is 1.79 bits per heavy atom. The quantitative estimate of drug-likeness (QED) is 0.680. The summed E-state index contributed by atoms with van der Waals surface area (Å²) < 4.78 is 0. The van der Waals surface area contributed by atoms with Crippen molar-refractivity contribution in [2.45, 2.75) is 26.2 Å². The third-order valence-corrected chi connectivity index (χ3v) is 2.22. The monoisotopic (exact) mass is 193 g/mol. The summed E-state index contributed by atoms with van der Waals surface area (Å²) in [4.78, 5) is 0. The Balaban J connectivity index is 2.15. The molecule has 0 spiro atoms. The fourth-order valence-electron chi connectivity index (χ4n) is 1.32. The molecule has 1 aromatic rings. The van der Waals surface area contributed by atoms with E-state index in [0.717, 1.165) is 25.8 Å². The van der Waals surface area contributed by atoms with Crippen molar-refractivity contribution in [2.24, 2.45) is 0 Å². The smallest absolute Gasteiger partial charge is 0.0431 e. The molecule has 2 N–H and O–H groups in total. The first-order chi connectivity index (χ1) is 6.83. The van der Waals surface area contributed by atoms with Crippen molar-refractivity contribution in [2.75, 3.05) is 18.5 Å². The number of nitrogens with one attached hydrogen (secondary N) is 1. The van der Waals surface area contributed by atoms with E-state index in [2.05, 4.69) is 36.5 Å². The van der Waals surface area contributed by atoms with Crippen molar-refractivity contribution in [1.82, 2.24) is 0 Å². The maximum absolute atomic E-state index is 8.59. The van der Waals surface area contributed by atoms with Crippen LogP contribution in [0.5, 0.6) is 0 Å². The van der Waals surface area contributed by atoms with E-state index in [-0.39, 0.29) is 0 Å². The minimum absolute atomic E-state index is 0.310. The SMILES string of the molecule is Cc1ccc(NCCCCCO)cc1. The van der Waals surface area contributed by atoms with Crippen LogP contribution >= 0.6 is 0 Å². The summed E-state index contributed by atoms with van der Waals surface area (Å²) in [5, 5.41) is 11.9. The lowest BCUT2D eigenvalue weighted by Gasteiger charge is -2.05. The van der Waals surface area contributed by atoms with Crippen LogP contribution in [0.2, 0.25) is 0 Å². The van der Waals surface area contributed by atoms with Gasteiger partial charge in [0.25, 0.3) is 0 Å². The Labute approximate surface area is 86.0 Å². The molecule has 2 heteroatoms. The van der Waals surface area contributed by atoms with Gasteiger partial charge in [-0.05, 0) is 38.3 Å². The average molecular weight is 193 g/mol. The van der Waals surface area contributed by atoms with Gasteiger partial charge in [0.1, 0.15) is 0 Å². The Kier molecular flexibility index (Phi) is 5.08. The highest BCUT2D eigenvalue weighted by Gasteiger charge is 1.91. The standard InChI is InChI=1S/C12H19NO/c1-11-5-7-12(8-6-11)13-9-3-2-4-10-14/h5-8,13-14H,2-4,9-10H2,1H3. The van der Waals surface area contributed by atoms with E-state index in [1.165, 1.54) is 11.3 Å². The lowest BCUT2D eigenvalue weighted by Crippen LogP contribution is -2.01. The van der Waals surface area contributed by atoms with E-state index >= 15 is 0 Å². The van der Waals surface area contributed by atoms with Gasteiger partial charge in [0, 0.05) is 18.8 Å². The third-order valence-electron chi connectivity index (χ3n) is 2.22. The van der Waals surface area contributed by atoms with Crippen LogP contribution in [0.15, 0.2) is 24.3 Å². The molecule has 0 unspecified atom stereocenters. The van der Waals surface area contributed by atoms with Gasteiger partial charge in [-0.25, -0.2) is 0 Å². The summed E-state index contributed by atoms with van der Waals surface area (Å²) in [6, 6.07) is 8.41. The molecule has 0 saturated carbocycles. The maximum atomic E-state index is 8.59. The number of aliphatic hydroxyl groups is 1. The van der Waals surface area contributed by atoms with Gasteiger partial charge in [0.15, 0.2) is 0 Å². The zero-order chi connectivity index (χ0) is 10.2. The van der Waals surface area contributed by atoms with Crippen molar-refractivity contribution >= 4 is 5.69 Å². The molecule has 78 valence electrons. The largest absolute Gasteiger partial charge is 0.396 e. The van der Waals surface area contributed by atoms with Gasteiger partial charge in [-0.3, -0.25) is 0 Å². The Bertz CT molecular complexity index is 243. The maximum Gasteiger partial charge on any atom is 0.0431 e. The molecule has 0 fully saturated rings. The van der Waals surface area contributed by atoms with Crippen molar-refractivity contribution in [3.63, 3.8) is 0 Å². The highest BCUT2D eigenvalue weighted by atomic mass is 16.2. The van der Waals surface area contributed by atoms with Crippen molar-refractivity contribution < 1.29 is 5.11 Å². The summed E-state index contributed by atoms with van der Waals surface area (Å²) >= 11 is 0. The van der Waals surface area contributed by atoms with Crippen LogP contribution in [-0.2, 0) is 0 Å². The van der Waals surface area contributed by atoms with Gasteiger partial charge in [-0.1, -0.05) is 17.7 Å². The van der Waals surface area contributed by atoms with Crippen molar-refractivity contribution in [3.8, 4) is 0 Å². The molecule has 14 heavy (non-hydrogen) atoms. The van der Waals surface area contributed by atoms with Crippen LogP contribution in [0.1, 0.15) is 24.8 Å². The summed E-state index contributed by atoms with van der Waals surface area (Å²) in [5.74, 6) is 0. The van der Waals surface area contributed by atoms with Gasteiger partial charge in [0.05, 0.1) is 0 Å². The Morgan fingerprint density at radius 1 is 1.07 bits per heavy atom. The van der Waals surface area contributed by atoms with Crippen LogP contribution in [0.25, 0.3) is 0 Å². The first-order valence-corrected chi connectivity index (χ1v) is 5.24. The van der Waals surface area contributed by atoms with Crippen LogP contribution in [0.3, 0.4) is 0 Å². The topological polar surface area (TPSA) is 32.3 Å². The zero-order valence-electron chi connectivity index (χ0n) is 8.79. The predicted octanol–water partition coefficient (Wildman–Crippen LogP) is 2.57. The van der Waals surface area contributed by atoms with E-state index in [0.29, 0.717) is 6.61 Å². The lowest BCUT2D eigenvalue weighted by atomic mass is 10.2. The van der Waals surface area contributed by atoms with Crippen molar-refractivity contribution in [3.05, 3.63) is 29.8 Å². The molecule has 0 amide bonds. The molecule has 0 atom stereocenters. The van der Waals surface area contributed by atoms with E-state index in [1.54, 1.807) is 0 Å². The van der Waals surface area contributed by atoms with Gasteiger partial charge in [-0.2, -0.15) is 0 Å². The number of hydrogen-bond acceptors (Lipinski definition) is 2. The van der Waals surface area contributed by atoms with Crippen molar-refractivity contribution in [1.29, 1.82) is 0 Å². The van der Waals surface area contributed by atoms with Crippen LogP contribution in [0.4, 0.5) is 5.69 Å². The van der Waals surface area contributed by atoms with E-state index in [9.17, 15) is 0 Å². The lowest BCUT2D eigenvalue weighted by molar-refractivity contribution is 0.283. The van der Waals surface area contributed by atoms with Gasteiger partial charge >= 0.3 is 0 Å². The molecular formula is C12H19NO. The number of aliphatic hydroxyl groups excluding tert-OH is 1. The summed E-state index contributed by atoms with van der Waals surface area (Å²) in [5.41, 5.74) is 2.47. The van der Waals surface area contributed by atoms with E-state index in [1.807, 2.05) is 0 Å². The van der Waals surface area contributed by atoms with Gasteiger partial charge < -0.3 is 10.4 Å². The summed E-state index contributed by atoms with van der Waals surface area (Å²) in [6.45, 7) is 3.39. The molecule has 0 aliphatic heterocycles. The average Bonchev–Trinajstić information content (AvgIpc) is 2.21. The van der Waals surface area contributed by atoms with E-state index in [4.69, 9.17) is 5.11 Å². The minimum Gasteiger partial charge on any atom is -0.396 e. The van der Waals surface area contributed by atoms with Crippen LogP contribution in [-0.4, -0.2) is 18.3 Å². The molecule has 0 radical (unpaired) electrons. The number of benzene rings is 1. The molecular weight excluding hydrogens is 174 g/mol. The molecule has 1 rings (SSSR count). The number of rotatable bonds is 6. The number of hydrogen-bond donors (Lipinski definition) is 2. The minimum atomic E-state index is 0.310. The summed E-state index contributed by atoms with van der Waals surface area (Å²) in [7, 11) is 0. The molecule has 0 aromatic heterocycles. The second-order valence-electron chi connectivity index (χ2n) is 3.58. The van der Waals surface area contributed by atoms with E-state index < -0.39 is 0 Å². The van der Waals surface area contributed by atoms with Crippen LogP contribution in [0, 0.1) is 6.92 Å². The van der Waals surface area contributed by atoms with Gasteiger partial charge in [0.2, 0.25) is 0 Å². The molecule has 0 aliphatic carbocycles. The fourth-order valence-corrected chi connectivity index (χ4v) is 1.32. The molecule has 0 heterocycles. The van der Waals surface area contributed by atoms with Gasteiger partial charge in [-0.15, -0.1) is 0 Å². The first kappa shape index (κ1) is 11.1. The highest BCUT2D eigenvalue weighted by Crippen LogP contribution is 2.08. The second-order valence-corrected chi connectivity index (χ2v) is 3.58. The number of unbranched alkanes of at least 4 members (excludes halogenated alkanes) is 2. The first-order valence-electron chi connectivity index (χ1n) is 5.24. The molecule has 1 aromatic carbocycles. The zero-order valence-corrected chi connectivity index (χ0v) is 8.79. The molecule has 0 saturated heterocycles. The number of aryl methyl sites for hydroxylation is 1. The third kappa shape index (κ3) is 4.28. The number of anilines is 1. The van der Waals surface area contributed by atoms with Crippen LogP contribution < -0.4 is 5.32 Å².